The van der Waals surface area contributed by atoms with Gasteiger partial charge in [0.05, 0.1) is 24.9 Å². The van der Waals surface area contributed by atoms with Gasteiger partial charge < -0.3 is 14.2 Å². The highest BCUT2D eigenvalue weighted by Crippen LogP contribution is 2.37. The molecule has 1 atom stereocenters. The lowest BCUT2D eigenvalue weighted by atomic mass is 9.88. The van der Waals surface area contributed by atoms with E-state index in [2.05, 4.69) is 22.4 Å². The number of nitrogens with zero attached hydrogens (tertiary/aromatic N) is 1. The van der Waals surface area contributed by atoms with Gasteiger partial charge in [-0.15, -0.1) is 11.3 Å². The average Bonchev–Trinajstić information content (AvgIpc) is 3.27. The summed E-state index contributed by atoms with van der Waals surface area (Å²) < 4.78 is 17.9. The molecule has 0 unspecified atom stereocenters. The summed E-state index contributed by atoms with van der Waals surface area (Å²) in [5, 5.41) is 2.17. The molecule has 4 heterocycles. The predicted molar refractivity (Wildman–Crippen MR) is 95.4 cm³/mol. The van der Waals surface area contributed by atoms with Gasteiger partial charge >= 0.3 is 0 Å². The molecule has 1 aromatic heterocycles. The van der Waals surface area contributed by atoms with E-state index in [4.69, 9.17) is 14.2 Å². The van der Waals surface area contributed by atoms with E-state index >= 15 is 0 Å². The number of ether oxygens (including phenoxy) is 3. The topological polar surface area (TPSA) is 30.9 Å². The van der Waals surface area contributed by atoms with Crippen molar-refractivity contribution in [3.63, 3.8) is 0 Å². The molecule has 1 spiro atoms. The number of rotatable bonds is 5. The monoisotopic (exact) mass is 351 g/mol. The van der Waals surface area contributed by atoms with Crippen LogP contribution in [0.1, 0.15) is 37.0 Å². The van der Waals surface area contributed by atoms with Crippen LogP contribution in [-0.4, -0.2) is 56.1 Å². The first-order valence-corrected chi connectivity index (χ1v) is 10.3. The zero-order valence-corrected chi connectivity index (χ0v) is 15.3. The van der Waals surface area contributed by atoms with Crippen LogP contribution in [0.5, 0.6) is 0 Å². The first-order chi connectivity index (χ1) is 11.8. The summed E-state index contributed by atoms with van der Waals surface area (Å²) in [6, 6.07) is 4.38. The second-order valence-electron chi connectivity index (χ2n) is 7.56. The lowest BCUT2D eigenvalue weighted by Gasteiger charge is -2.38. The molecule has 24 heavy (non-hydrogen) atoms. The Labute approximate surface area is 149 Å². The van der Waals surface area contributed by atoms with Crippen molar-refractivity contribution in [3.05, 3.63) is 22.4 Å². The van der Waals surface area contributed by atoms with Crippen LogP contribution in [0.4, 0.5) is 0 Å². The van der Waals surface area contributed by atoms with Crippen LogP contribution in [0.25, 0.3) is 0 Å². The van der Waals surface area contributed by atoms with E-state index in [-0.39, 0.29) is 5.60 Å². The maximum absolute atomic E-state index is 6.24. The van der Waals surface area contributed by atoms with Gasteiger partial charge in [0, 0.05) is 44.1 Å². The summed E-state index contributed by atoms with van der Waals surface area (Å²) >= 11 is 1.86. The molecule has 0 amide bonds. The fourth-order valence-electron chi connectivity index (χ4n) is 4.18. The Morgan fingerprint density at radius 3 is 2.83 bits per heavy atom. The molecule has 4 nitrogen and oxygen atoms in total. The van der Waals surface area contributed by atoms with Crippen LogP contribution in [0, 0.1) is 5.92 Å². The Morgan fingerprint density at radius 1 is 1.25 bits per heavy atom. The van der Waals surface area contributed by atoms with Crippen molar-refractivity contribution in [3.8, 4) is 0 Å². The van der Waals surface area contributed by atoms with E-state index in [9.17, 15) is 0 Å². The van der Waals surface area contributed by atoms with Gasteiger partial charge in [-0.3, -0.25) is 4.90 Å². The first kappa shape index (κ1) is 17.0. The van der Waals surface area contributed by atoms with Gasteiger partial charge in [-0.05, 0) is 43.0 Å². The highest BCUT2D eigenvalue weighted by atomic mass is 32.1. The van der Waals surface area contributed by atoms with E-state index in [0.717, 1.165) is 78.2 Å². The van der Waals surface area contributed by atoms with Crippen LogP contribution in [0.15, 0.2) is 17.5 Å². The highest BCUT2D eigenvalue weighted by molar-refractivity contribution is 7.09. The molecule has 5 heteroatoms. The molecule has 3 aliphatic rings. The summed E-state index contributed by atoms with van der Waals surface area (Å²) in [5.41, 5.74) is 0.0896. The summed E-state index contributed by atoms with van der Waals surface area (Å²) in [6.07, 6.45) is 5.98. The lowest BCUT2D eigenvalue weighted by molar-refractivity contribution is -0.0478. The average molecular weight is 352 g/mol. The van der Waals surface area contributed by atoms with Gasteiger partial charge in [0.15, 0.2) is 0 Å². The molecule has 134 valence electrons. The third-order valence-corrected chi connectivity index (χ3v) is 6.67. The fraction of sp³-hybridized carbons (Fsp3) is 0.789. The Kier molecular flexibility index (Phi) is 5.54. The Bertz CT molecular complexity index is 493. The molecule has 1 aromatic rings. The second-order valence-corrected chi connectivity index (χ2v) is 8.60. The third-order valence-electron chi connectivity index (χ3n) is 5.81. The first-order valence-electron chi connectivity index (χ1n) is 9.39. The quantitative estimate of drug-likeness (QED) is 0.814. The number of thiophene rings is 1. The standard InChI is InChI=1S/C19H29NO3S/c1-2-18(24-11-1)13-20-7-5-19(6-8-20)12-17(15-23-19)22-14-16-3-9-21-10-4-16/h1-2,11,16-17H,3-10,12-15H2/t17-/m1/s1. The van der Waals surface area contributed by atoms with Crippen molar-refractivity contribution < 1.29 is 14.2 Å². The minimum absolute atomic E-state index is 0.0896. The van der Waals surface area contributed by atoms with Gasteiger partial charge in [-0.25, -0.2) is 0 Å². The van der Waals surface area contributed by atoms with E-state index in [1.165, 1.54) is 4.88 Å². The SMILES string of the molecule is c1csc(CN2CCC3(CC2)C[C@@H](OCC2CCOCC2)CO3)c1. The number of piperidine rings is 1. The molecule has 0 N–H and O–H groups in total. The molecule has 4 rings (SSSR count). The molecular weight excluding hydrogens is 322 g/mol. The van der Waals surface area contributed by atoms with Crippen LogP contribution in [-0.2, 0) is 20.8 Å². The Hall–Kier alpha value is -0.460. The minimum atomic E-state index is 0.0896. The predicted octanol–water partition coefficient (Wildman–Crippen LogP) is 3.31. The van der Waals surface area contributed by atoms with Gasteiger partial charge in [0.2, 0.25) is 0 Å². The van der Waals surface area contributed by atoms with E-state index < -0.39 is 0 Å². The Balaban J connectivity index is 1.20. The zero-order valence-electron chi connectivity index (χ0n) is 14.5. The molecule has 3 saturated heterocycles. The molecular formula is C19H29NO3S. The largest absolute Gasteiger partial charge is 0.381 e. The number of likely N-dealkylation sites (tertiary alicyclic amines) is 1. The minimum Gasteiger partial charge on any atom is -0.381 e. The van der Waals surface area contributed by atoms with Crippen molar-refractivity contribution >= 4 is 11.3 Å². The molecule has 3 aliphatic heterocycles. The second kappa shape index (κ2) is 7.83. The fourth-order valence-corrected chi connectivity index (χ4v) is 4.93. The normalized spacial score (nSPS) is 28.6. The molecule has 0 aromatic carbocycles. The van der Waals surface area contributed by atoms with Gasteiger partial charge in [0.25, 0.3) is 0 Å². The summed E-state index contributed by atoms with van der Waals surface area (Å²) in [6.45, 7) is 6.86. The van der Waals surface area contributed by atoms with Crippen LogP contribution in [0.2, 0.25) is 0 Å². The highest BCUT2D eigenvalue weighted by Gasteiger charge is 2.43. The number of hydrogen-bond acceptors (Lipinski definition) is 5. The van der Waals surface area contributed by atoms with Crippen molar-refractivity contribution in [2.75, 3.05) is 39.5 Å². The summed E-state index contributed by atoms with van der Waals surface area (Å²) in [7, 11) is 0. The van der Waals surface area contributed by atoms with Crippen molar-refractivity contribution in [2.24, 2.45) is 5.92 Å². The van der Waals surface area contributed by atoms with Crippen molar-refractivity contribution in [1.82, 2.24) is 4.90 Å². The lowest BCUT2D eigenvalue weighted by Crippen LogP contribution is -2.43. The molecule has 0 aliphatic carbocycles. The zero-order chi connectivity index (χ0) is 16.2. The molecule has 0 bridgehead atoms. The van der Waals surface area contributed by atoms with Crippen molar-refractivity contribution in [1.29, 1.82) is 0 Å². The van der Waals surface area contributed by atoms with Gasteiger partial charge in [-0.1, -0.05) is 6.07 Å². The van der Waals surface area contributed by atoms with Crippen LogP contribution in [0.3, 0.4) is 0 Å². The summed E-state index contributed by atoms with van der Waals surface area (Å²) in [4.78, 5) is 4.03. The smallest absolute Gasteiger partial charge is 0.0836 e. The maximum atomic E-state index is 6.24. The van der Waals surface area contributed by atoms with E-state index in [1.807, 2.05) is 11.3 Å². The molecule has 0 saturated carbocycles. The van der Waals surface area contributed by atoms with Gasteiger partial charge in [-0.2, -0.15) is 0 Å². The summed E-state index contributed by atoms with van der Waals surface area (Å²) in [5.74, 6) is 0.683. The molecule has 3 fully saturated rings. The van der Waals surface area contributed by atoms with Crippen LogP contribution >= 0.6 is 11.3 Å². The van der Waals surface area contributed by atoms with E-state index in [0.29, 0.717) is 12.0 Å². The maximum Gasteiger partial charge on any atom is 0.0836 e. The Morgan fingerprint density at radius 2 is 2.08 bits per heavy atom. The van der Waals surface area contributed by atoms with Crippen LogP contribution < -0.4 is 0 Å². The third kappa shape index (κ3) is 4.20. The number of hydrogen-bond donors (Lipinski definition) is 0. The van der Waals surface area contributed by atoms with Gasteiger partial charge in [0.1, 0.15) is 0 Å². The van der Waals surface area contributed by atoms with Crippen molar-refractivity contribution in [2.45, 2.75) is 50.4 Å². The van der Waals surface area contributed by atoms with E-state index in [1.54, 1.807) is 0 Å². The molecule has 0 radical (unpaired) electrons.